The summed E-state index contributed by atoms with van der Waals surface area (Å²) in [5.41, 5.74) is 0. The highest BCUT2D eigenvalue weighted by atomic mass is 31.2. The second-order valence-electron chi connectivity index (χ2n) is 26.6. The van der Waals surface area contributed by atoms with Crippen LogP contribution in [0.15, 0.2) is 0 Å². The lowest BCUT2D eigenvalue weighted by Crippen LogP contribution is -2.30. The van der Waals surface area contributed by atoms with Crippen molar-refractivity contribution in [3.63, 3.8) is 0 Å². The normalized spacial score (nSPS) is 14.1. The number of esters is 4. The topological polar surface area (TPSA) is 237 Å². The Balaban J connectivity index is 5.19. The zero-order chi connectivity index (χ0) is 66.5. The van der Waals surface area contributed by atoms with E-state index in [4.69, 9.17) is 37.0 Å². The SMILES string of the molecule is CCCCCCCCCCCCCC(=O)OC[C@H](COP(=O)(O)OC[C@@H](O)COP(=O)(O)OC[C@@H](COC(=O)CCCCCCCCCCCC)OC(=O)CCCCCCCCCC(C)C)OC(=O)CCCCCCCCCCCCCCCCCCC(C)C. The van der Waals surface area contributed by atoms with Crippen molar-refractivity contribution < 1.29 is 80.2 Å². The quantitative estimate of drug-likeness (QED) is 0.0222. The molecule has 0 rings (SSSR count). The average Bonchev–Trinajstić information content (AvgIpc) is 3.71. The highest BCUT2D eigenvalue weighted by molar-refractivity contribution is 7.47. The smallest absolute Gasteiger partial charge is 0.462 e. The van der Waals surface area contributed by atoms with Crippen LogP contribution in [0.5, 0.6) is 0 Å². The molecule has 0 aliphatic heterocycles. The molecule has 0 saturated heterocycles. The summed E-state index contributed by atoms with van der Waals surface area (Å²) >= 11 is 0. The molecule has 0 aliphatic carbocycles. The fourth-order valence-electron chi connectivity index (χ4n) is 10.8. The maximum Gasteiger partial charge on any atom is 0.472 e. The Labute approximate surface area is 549 Å². The van der Waals surface area contributed by atoms with Crippen LogP contribution >= 0.6 is 15.6 Å². The summed E-state index contributed by atoms with van der Waals surface area (Å²) in [5.74, 6) is -0.620. The van der Waals surface area contributed by atoms with Gasteiger partial charge in [-0.1, -0.05) is 311 Å². The minimum absolute atomic E-state index is 0.104. The van der Waals surface area contributed by atoms with Crippen LogP contribution < -0.4 is 0 Å². The van der Waals surface area contributed by atoms with E-state index in [-0.39, 0.29) is 25.7 Å². The van der Waals surface area contributed by atoms with Crippen molar-refractivity contribution in [1.82, 2.24) is 0 Å². The molecule has 0 saturated carbocycles. The molecule has 90 heavy (non-hydrogen) atoms. The lowest BCUT2D eigenvalue weighted by Gasteiger charge is -2.21. The van der Waals surface area contributed by atoms with Crippen LogP contribution in [0.3, 0.4) is 0 Å². The van der Waals surface area contributed by atoms with Crippen LogP contribution in [0.25, 0.3) is 0 Å². The molecule has 0 heterocycles. The van der Waals surface area contributed by atoms with Gasteiger partial charge in [0.05, 0.1) is 26.4 Å². The zero-order valence-electron chi connectivity index (χ0n) is 58.4. The van der Waals surface area contributed by atoms with Gasteiger partial charge in [0.15, 0.2) is 12.2 Å². The van der Waals surface area contributed by atoms with E-state index >= 15 is 0 Å². The van der Waals surface area contributed by atoms with Crippen molar-refractivity contribution in [3.05, 3.63) is 0 Å². The van der Waals surface area contributed by atoms with E-state index in [9.17, 15) is 43.2 Å². The molecular weight excluding hydrogens is 1190 g/mol. The minimum Gasteiger partial charge on any atom is -0.462 e. The maximum atomic E-state index is 13.0. The van der Waals surface area contributed by atoms with Gasteiger partial charge in [-0.05, 0) is 37.5 Å². The first kappa shape index (κ1) is 88.1. The standard InChI is InChI=1S/C71H138O17P2/c1-7-9-11-13-15-17-25-30-36-42-48-54-69(74)82-59-66(87-70(75)55-49-43-37-31-27-24-22-20-19-21-23-26-28-33-39-45-51-63(3)4)61-85-89(77,78)83-57-65(72)58-84-90(79,80)86-62-67(88-71(76)56-50-44-38-32-34-40-46-52-64(5)6)60-81-68(73)53-47-41-35-29-18-16-14-12-10-8-2/h63-67,72H,7-62H2,1-6H3,(H,77,78)(H,79,80)/t65-,66-,67-/m1/s1. The van der Waals surface area contributed by atoms with Crippen molar-refractivity contribution in [3.8, 4) is 0 Å². The predicted octanol–water partition coefficient (Wildman–Crippen LogP) is 20.4. The van der Waals surface area contributed by atoms with Crippen LogP contribution in [0.1, 0.15) is 363 Å². The highest BCUT2D eigenvalue weighted by Crippen LogP contribution is 2.45. The molecule has 0 amide bonds. The Morgan fingerprint density at radius 1 is 0.300 bits per heavy atom. The van der Waals surface area contributed by atoms with E-state index in [2.05, 4.69) is 41.5 Å². The monoisotopic (exact) mass is 1320 g/mol. The second-order valence-corrected chi connectivity index (χ2v) is 29.5. The van der Waals surface area contributed by atoms with Gasteiger partial charge in [0.1, 0.15) is 19.3 Å². The van der Waals surface area contributed by atoms with Gasteiger partial charge in [0.2, 0.25) is 0 Å². The number of unbranched alkanes of at least 4 members (excludes halogenated alkanes) is 40. The van der Waals surface area contributed by atoms with Gasteiger partial charge < -0.3 is 33.8 Å². The number of hydrogen-bond acceptors (Lipinski definition) is 15. The van der Waals surface area contributed by atoms with Crippen LogP contribution in [-0.2, 0) is 65.4 Å². The van der Waals surface area contributed by atoms with Crippen molar-refractivity contribution in [2.45, 2.75) is 381 Å². The lowest BCUT2D eigenvalue weighted by atomic mass is 10.0. The summed E-state index contributed by atoms with van der Waals surface area (Å²) in [5, 5.41) is 10.6. The number of rotatable bonds is 70. The van der Waals surface area contributed by atoms with Crippen LogP contribution in [0.4, 0.5) is 0 Å². The molecule has 0 fully saturated rings. The Morgan fingerprint density at radius 2 is 0.511 bits per heavy atom. The molecule has 0 aromatic rings. The summed E-state index contributed by atoms with van der Waals surface area (Å²) in [6, 6.07) is 0. The van der Waals surface area contributed by atoms with E-state index in [1.165, 1.54) is 180 Å². The summed E-state index contributed by atoms with van der Waals surface area (Å²) in [7, 11) is -9.90. The van der Waals surface area contributed by atoms with Gasteiger partial charge >= 0.3 is 39.5 Å². The zero-order valence-corrected chi connectivity index (χ0v) is 60.2. The number of phosphoric acid groups is 2. The van der Waals surface area contributed by atoms with Crippen molar-refractivity contribution >= 4 is 39.5 Å². The Kier molecular flexibility index (Phi) is 61.8. The molecule has 0 aromatic carbocycles. The number of aliphatic hydroxyl groups excluding tert-OH is 1. The molecule has 3 N–H and O–H groups in total. The number of hydrogen-bond donors (Lipinski definition) is 3. The average molecular weight is 1330 g/mol. The van der Waals surface area contributed by atoms with E-state index in [0.717, 1.165) is 95.8 Å². The Hall–Kier alpha value is -1.94. The number of carbonyl (C=O) groups excluding carboxylic acids is 4. The molecule has 0 bridgehead atoms. The van der Waals surface area contributed by atoms with Gasteiger partial charge in [-0.25, -0.2) is 9.13 Å². The van der Waals surface area contributed by atoms with E-state index < -0.39 is 97.5 Å². The number of carbonyl (C=O) groups is 4. The molecule has 0 spiro atoms. The molecule has 0 aliphatic rings. The first-order chi connectivity index (χ1) is 43.4. The first-order valence-corrected chi connectivity index (χ1v) is 40.0. The molecule has 0 radical (unpaired) electrons. The minimum atomic E-state index is -4.95. The number of ether oxygens (including phenoxy) is 4. The summed E-state index contributed by atoms with van der Waals surface area (Å²) in [4.78, 5) is 72.5. The number of aliphatic hydroxyl groups is 1. The summed E-state index contributed by atoms with van der Waals surface area (Å²) in [6.45, 7) is 9.51. The Bertz CT molecular complexity index is 1750. The van der Waals surface area contributed by atoms with Gasteiger partial charge in [-0.3, -0.25) is 37.3 Å². The second kappa shape index (κ2) is 63.1. The molecule has 17 nitrogen and oxygen atoms in total. The maximum absolute atomic E-state index is 13.0. The molecule has 534 valence electrons. The molecule has 19 heteroatoms. The molecule has 2 unspecified atom stereocenters. The van der Waals surface area contributed by atoms with Crippen molar-refractivity contribution in [1.29, 1.82) is 0 Å². The van der Waals surface area contributed by atoms with E-state index in [0.29, 0.717) is 31.6 Å². The lowest BCUT2D eigenvalue weighted by molar-refractivity contribution is -0.161. The van der Waals surface area contributed by atoms with Crippen LogP contribution in [0, 0.1) is 11.8 Å². The third-order valence-electron chi connectivity index (χ3n) is 16.5. The molecule has 0 aromatic heterocycles. The van der Waals surface area contributed by atoms with Crippen LogP contribution in [-0.4, -0.2) is 96.7 Å². The highest BCUT2D eigenvalue weighted by Gasteiger charge is 2.30. The van der Waals surface area contributed by atoms with E-state index in [1.54, 1.807) is 0 Å². The van der Waals surface area contributed by atoms with Crippen LogP contribution in [0.2, 0.25) is 0 Å². The third kappa shape index (κ3) is 64.8. The summed E-state index contributed by atoms with van der Waals surface area (Å²) < 4.78 is 68.2. The molecule has 5 atom stereocenters. The fraction of sp³-hybridized carbons (Fsp3) is 0.944. The van der Waals surface area contributed by atoms with Gasteiger partial charge in [-0.2, -0.15) is 0 Å². The van der Waals surface area contributed by atoms with E-state index in [1.807, 2.05) is 0 Å². The summed E-state index contributed by atoms with van der Waals surface area (Å²) in [6.07, 6.45) is 48.6. The fourth-order valence-corrected chi connectivity index (χ4v) is 12.3. The van der Waals surface area contributed by atoms with Gasteiger partial charge in [-0.15, -0.1) is 0 Å². The largest absolute Gasteiger partial charge is 0.472 e. The third-order valence-corrected chi connectivity index (χ3v) is 18.4. The van der Waals surface area contributed by atoms with Crippen molar-refractivity contribution in [2.24, 2.45) is 11.8 Å². The first-order valence-electron chi connectivity index (χ1n) is 37.0. The van der Waals surface area contributed by atoms with Gasteiger partial charge in [0.25, 0.3) is 0 Å². The van der Waals surface area contributed by atoms with Gasteiger partial charge in [0, 0.05) is 25.7 Å². The predicted molar refractivity (Wildman–Crippen MR) is 363 cm³/mol. The molecular formula is C71H138O17P2. The number of phosphoric ester groups is 2. The van der Waals surface area contributed by atoms with Crippen molar-refractivity contribution in [2.75, 3.05) is 39.6 Å². The Morgan fingerprint density at radius 3 is 0.756 bits per heavy atom.